The van der Waals surface area contributed by atoms with Crippen molar-refractivity contribution in [1.82, 2.24) is 9.80 Å². The van der Waals surface area contributed by atoms with Crippen molar-refractivity contribution >= 4 is 0 Å². The smallest absolute Gasteiger partial charge is 0.119 e. The largest absolute Gasteiger partial charge is 0.493 e. The number of benzene rings is 1. The molecule has 23 heavy (non-hydrogen) atoms. The lowest BCUT2D eigenvalue weighted by molar-refractivity contribution is 0.0606. The van der Waals surface area contributed by atoms with Gasteiger partial charge in [0.2, 0.25) is 0 Å². The Balaban J connectivity index is 2.00. The van der Waals surface area contributed by atoms with Crippen molar-refractivity contribution in [2.24, 2.45) is 11.7 Å². The highest BCUT2D eigenvalue weighted by molar-refractivity contribution is 5.29. The van der Waals surface area contributed by atoms with Gasteiger partial charge in [0.1, 0.15) is 5.75 Å². The van der Waals surface area contributed by atoms with Gasteiger partial charge in [0, 0.05) is 38.3 Å². The van der Waals surface area contributed by atoms with Crippen LogP contribution in [0.2, 0.25) is 0 Å². The summed E-state index contributed by atoms with van der Waals surface area (Å²) in [5.74, 6) is 1.49. The second-order valence-corrected chi connectivity index (χ2v) is 7.00. The van der Waals surface area contributed by atoms with Crippen LogP contribution in [0.3, 0.4) is 0 Å². The number of hydrogen-bond donors (Lipinski definition) is 1. The van der Waals surface area contributed by atoms with E-state index in [2.05, 4.69) is 61.8 Å². The van der Waals surface area contributed by atoms with Crippen molar-refractivity contribution in [3.63, 3.8) is 0 Å². The van der Waals surface area contributed by atoms with Crippen LogP contribution in [-0.2, 0) is 0 Å². The lowest BCUT2D eigenvalue weighted by Crippen LogP contribution is -2.53. The van der Waals surface area contributed by atoms with Gasteiger partial charge >= 0.3 is 0 Å². The predicted molar refractivity (Wildman–Crippen MR) is 96.9 cm³/mol. The summed E-state index contributed by atoms with van der Waals surface area (Å²) < 4.78 is 5.78. The summed E-state index contributed by atoms with van der Waals surface area (Å²) in [7, 11) is 0. The highest BCUT2D eigenvalue weighted by Crippen LogP contribution is 2.25. The first kappa shape index (κ1) is 18.2. The lowest BCUT2D eigenvalue weighted by atomic mass is 10.0. The molecular weight excluding hydrogens is 286 g/mol. The average molecular weight is 319 g/mol. The van der Waals surface area contributed by atoms with Crippen LogP contribution in [0.15, 0.2) is 24.3 Å². The van der Waals surface area contributed by atoms with E-state index in [9.17, 15) is 0 Å². The molecule has 0 bridgehead atoms. The van der Waals surface area contributed by atoms with E-state index < -0.39 is 0 Å². The molecule has 0 amide bonds. The molecule has 2 N–H and O–H groups in total. The summed E-state index contributed by atoms with van der Waals surface area (Å²) >= 11 is 0. The highest BCUT2D eigenvalue weighted by atomic mass is 16.5. The van der Waals surface area contributed by atoms with Gasteiger partial charge in [0.25, 0.3) is 0 Å². The summed E-state index contributed by atoms with van der Waals surface area (Å²) in [6, 6.07) is 9.39. The van der Waals surface area contributed by atoms with Crippen LogP contribution < -0.4 is 10.5 Å². The van der Waals surface area contributed by atoms with Crippen LogP contribution in [0.25, 0.3) is 0 Å². The number of ether oxygens (including phenoxy) is 1. The molecule has 0 aromatic heterocycles. The van der Waals surface area contributed by atoms with Gasteiger partial charge in [0.15, 0.2) is 0 Å². The molecule has 0 aliphatic carbocycles. The van der Waals surface area contributed by atoms with Gasteiger partial charge in [-0.2, -0.15) is 0 Å². The van der Waals surface area contributed by atoms with Gasteiger partial charge in [-0.15, -0.1) is 0 Å². The Hall–Kier alpha value is -1.10. The minimum absolute atomic E-state index is 0.301. The molecule has 2 atom stereocenters. The Morgan fingerprint density at radius 3 is 2.43 bits per heavy atom. The van der Waals surface area contributed by atoms with Crippen LogP contribution in [-0.4, -0.2) is 55.2 Å². The Kier molecular flexibility index (Phi) is 6.88. The van der Waals surface area contributed by atoms with Crippen molar-refractivity contribution in [3.05, 3.63) is 29.8 Å². The van der Waals surface area contributed by atoms with Crippen LogP contribution in [0.4, 0.5) is 0 Å². The maximum absolute atomic E-state index is 6.10. The quantitative estimate of drug-likeness (QED) is 0.839. The molecule has 1 aromatic rings. The zero-order valence-corrected chi connectivity index (χ0v) is 15.2. The van der Waals surface area contributed by atoms with Gasteiger partial charge in [-0.3, -0.25) is 9.80 Å². The number of likely N-dealkylation sites (N-methyl/N-ethyl adjacent to an activating group) is 1. The minimum Gasteiger partial charge on any atom is -0.493 e. The fourth-order valence-electron chi connectivity index (χ4n) is 3.32. The van der Waals surface area contributed by atoms with Crippen molar-refractivity contribution in [2.45, 2.75) is 39.8 Å². The molecule has 0 saturated carbocycles. The summed E-state index contributed by atoms with van der Waals surface area (Å²) in [6.45, 7) is 14.7. The SMILES string of the molecule is CCN1CCN(C(CN)c2ccc(OCC(C)C)cc2)CC1C. The lowest BCUT2D eigenvalue weighted by Gasteiger charge is -2.42. The molecule has 0 spiro atoms. The molecule has 1 heterocycles. The third-order valence-electron chi connectivity index (χ3n) is 4.71. The number of nitrogens with two attached hydrogens (primary N) is 1. The molecule has 130 valence electrons. The standard InChI is InChI=1S/C19H33N3O/c1-5-21-10-11-22(13-16(21)4)19(12-20)17-6-8-18(9-7-17)23-14-15(2)3/h6-9,15-16,19H,5,10-14,20H2,1-4H3. The first-order valence-electron chi connectivity index (χ1n) is 8.96. The highest BCUT2D eigenvalue weighted by Gasteiger charge is 2.27. The Morgan fingerprint density at radius 1 is 1.22 bits per heavy atom. The van der Waals surface area contributed by atoms with E-state index in [0.29, 0.717) is 24.5 Å². The van der Waals surface area contributed by atoms with Crippen molar-refractivity contribution in [3.8, 4) is 5.75 Å². The molecule has 1 aliphatic rings. The molecule has 0 radical (unpaired) electrons. The molecule has 1 saturated heterocycles. The van der Waals surface area contributed by atoms with E-state index in [-0.39, 0.29) is 0 Å². The van der Waals surface area contributed by atoms with Crippen LogP contribution >= 0.6 is 0 Å². The van der Waals surface area contributed by atoms with E-state index in [1.807, 2.05) is 0 Å². The van der Waals surface area contributed by atoms with Gasteiger partial charge in [-0.1, -0.05) is 32.9 Å². The van der Waals surface area contributed by atoms with E-state index in [1.54, 1.807) is 0 Å². The topological polar surface area (TPSA) is 41.7 Å². The molecule has 4 nitrogen and oxygen atoms in total. The van der Waals surface area contributed by atoms with Crippen LogP contribution in [0.5, 0.6) is 5.75 Å². The molecular formula is C19H33N3O. The Bertz CT molecular complexity index is 460. The zero-order valence-electron chi connectivity index (χ0n) is 15.2. The minimum atomic E-state index is 0.301. The van der Waals surface area contributed by atoms with Crippen molar-refractivity contribution < 1.29 is 4.74 Å². The molecule has 1 fully saturated rings. The van der Waals surface area contributed by atoms with Crippen LogP contribution in [0, 0.1) is 5.92 Å². The fourth-order valence-corrected chi connectivity index (χ4v) is 3.32. The molecule has 1 aromatic carbocycles. The normalized spacial score (nSPS) is 21.6. The average Bonchev–Trinajstić information content (AvgIpc) is 2.55. The van der Waals surface area contributed by atoms with E-state index >= 15 is 0 Å². The Morgan fingerprint density at radius 2 is 1.91 bits per heavy atom. The third-order valence-corrected chi connectivity index (χ3v) is 4.71. The maximum Gasteiger partial charge on any atom is 0.119 e. The number of piperazine rings is 1. The van der Waals surface area contributed by atoms with Crippen LogP contribution in [0.1, 0.15) is 39.3 Å². The summed E-state index contributed by atoms with van der Waals surface area (Å²) in [5, 5.41) is 0. The molecule has 2 unspecified atom stereocenters. The maximum atomic E-state index is 6.10. The van der Waals surface area contributed by atoms with E-state index in [0.717, 1.165) is 38.5 Å². The van der Waals surface area contributed by atoms with Gasteiger partial charge in [-0.05, 0) is 37.1 Å². The number of rotatable bonds is 7. The van der Waals surface area contributed by atoms with E-state index in [1.165, 1.54) is 5.56 Å². The number of hydrogen-bond acceptors (Lipinski definition) is 4. The first-order chi connectivity index (χ1) is 11.0. The monoisotopic (exact) mass is 319 g/mol. The van der Waals surface area contributed by atoms with E-state index in [4.69, 9.17) is 10.5 Å². The Labute approximate surface area is 141 Å². The van der Waals surface area contributed by atoms with Crippen molar-refractivity contribution in [1.29, 1.82) is 0 Å². The summed E-state index contributed by atoms with van der Waals surface area (Å²) in [4.78, 5) is 5.06. The first-order valence-corrected chi connectivity index (χ1v) is 8.96. The molecule has 2 rings (SSSR count). The van der Waals surface area contributed by atoms with Gasteiger partial charge in [0.05, 0.1) is 6.61 Å². The fraction of sp³-hybridized carbons (Fsp3) is 0.684. The van der Waals surface area contributed by atoms with Gasteiger partial charge in [-0.25, -0.2) is 0 Å². The second-order valence-electron chi connectivity index (χ2n) is 7.00. The zero-order chi connectivity index (χ0) is 16.8. The number of nitrogens with zero attached hydrogens (tertiary/aromatic N) is 2. The third kappa shape index (κ3) is 4.93. The van der Waals surface area contributed by atoms with Crippen molar-refractivity contribution in [2.75, 3.05) is 39.3 Å². The van der Waals surface area contributed by atoms with Gasteiger partial charge < -0.3 is 10.5 Å². The molecule has 4 heteroatoms. The summed E-state index contributed by atoms with van der Waals surface area (Å²) in [5.41, 5.74) is 7.39. The molecule has 1 aliphatic heterocycles. The second kappa shape index (κ2) is 8.67. The predicted octanol–water partition coefficient (Wildman–Crippen LogP) is 2.75. The summed E-state index contributed by atoms with van der Waals surface area (Å²) in [6.07, 6.45) is 0.